The van der Waals surface area contributed by atoms with Crippen molar-refractivity contribution in [1.29, 1.82) is 0 Å². The Bertz CT molecular complexity index is 857. The fraction of sp³-hybridized carbons (Fsp3) is 0.333. The number of likely N-dealkylation sites (N-methyl/N-ethyl adjacent to an activating group) is 1. The Kier molecular flexibility index (Phi) is 5.24. The topological polar surface area (TPSA) is 23.5 Å². The van der Waals surface area contributed by atoms with Crippen LogP contribution in [-0.2, 0) is 0 Å². The first kappa shape index (κ1) is 17.4. The number of hydrogen-bond acceptors (Lipinski definition) is 2. The average Bonchev–Trinajstić information content (AvgIpc) is 2.62. The molecule has 3 aromatic rings. The van der Waals surface area contributed by atoms with Gasteiger partial charge in [-0.3, -0.25) is 4.90 Å². The Balaban J connectivity index is 2.11. The van der Waals surface area contributed by atoms with E-state index in [4.69, 9.17) is 0 Å². The molecule has 0 aromatic heterocycles. The minimum absolute atomic E-state index is 0.0964. The van der Waals surface area contributed by atoms with Gasteiger partial charge in [-0.25, -0.2) is 0 Å². The summed E-state index contributed by atoms with van der Waals surface area (Å²) in [5, 5.41) is 15.7. The van der Waals surface area contributed by atoms with Gasteiger partial charge < -0.3 is 5.11 Å². The predicted octanol–water partition coefficient (Wildman–Crippen LogP) is 5.52. The summed E-state index contributed by atoms with van der Waals surface area (Å²) >= 11 is 3.67. The van der Waals surface area contributed by atoms with Crippen molar-refractivity contribution in [1.82, 2.24) is 4.90 Å². The first-order valence-electron chi connectivity index (χ1n) is 8.59. The van der Waals surface area contributed by atoms with Crippen molar-refractivity contribution >= 4 is 37.5 Å². The fourth-order valence-electron chi connectivity index (χ4n) is 3.54. The number of aliphatic hydroxyl groups excluding tert-OH is 1. The van der Waals surface area contributed by atoms with Crippen molar-refractivity contribution in [2.75, 3.05) is 13.1 Å². The molecule has 126 valence electrons. The van der Waals surface area contributed by atoms with Gasteiger partial charge in [0.05, 0.1) is 6.10 Å². The number of hydrogen-bond donors (Lipinski definition) is 1. The van der Waals surface area contributed by atoms with E-state index in [9.17, 15) is 5.11 Å². The summed E-state index contributed by atoms with van der Waals surface area (Å²) in [6.45, 7) is 8.26. The van der Waals surface area contributed by atoms with Gasteiger partial charge in [-0.1, -0.05) is 66.2 Å². The molecule has 0 bridgehead atoms. The minimum atomic E-state index is -0.489. The van der Waals surface area contributed by atoms with Crippen molar-refractivity contribution in [3.63, 3.8) is 0 Å². The maximum Gasteiger partial charge on any atom is 0.0942 e. The van der Waals surface area contributed by atoms with Crippen LogP contribution in [0.15, 0.2) is 53.0 Å². The lowest BCUT2D eigenvalue weighted by Gasteiger charge is -2.30. The van der Waals surface area contributed by atoms with Crippen LogP contribution in [0.4, 0.5) is 0 Å². The average molecular weight is 386 g/mol. The largest absolute Gasteiger partial charge is 0.387 e. The molecule has 0 unspecified atom stereocenters. The molecule has 2 atom stereocenters. The highest BCUT2D eigenvalue weighted by Crippen LogP contribution is 2.34. The van der Waals surface area contributed by atoms with E-state index in [1.165, 1.54) is 21.5 Å². The van der Waals surface area contributed by atoms with Gasteiger partial charge in [0.15, 0.2) is 0 Å². The molecule has 1 N–H and O–H groups in total. The quantitative estimate of drug-likeness (QED) is 0.584. The highest BCUT2D eigenvalue weighted by molar-refractivity contribution is 9.10. The number of aliphatic hydroxyl groups is 1. The number of fused-ring (bicyclic) bond motifs is 3. The molecule has 0 amide bonds. The van der Waals surface area contributed by atoms with E-state index in [0.29, 0.717) is 0 Å². The Morgan fingerprint density at radius 3 is 2.29 bits per heavy atom. The van der Waals surface area contributed by atoms with Crippen LogP contribution >= 0.6 is 15.9 Å². The zero-order valence-electron chi connectivity index (χ0n) is 14.5. The van der Waals surface area contributed by atoms with Crippen LogP contribution < -0.4 is 0 Å². The van der Waals surface area contributed by atoms with E-state index >= 15 is 0 Å². The van der Waals surface area contributed by atoms with Gasteiger partial charge in [0.25, 0.3) is 0 Å². The lowest BCUT2D eigenvalue weighted by atomic mass is 9.96. The van der Waals surface area contributed by atoms with Gasteiger partial charge in [0.1, 0.15) is 0 Å². The van der Waals surface area contributed by atoms with Crippen molar-refractivity contribution in [2.45, 2.75) is 32.9 Å². The molecule has 0 heterocycles. The van der Waals surface area contributed by atoms with Crippen LogP contribution in [0, 0.1) is 0 Å². The normalized spacial score (nSPS) is 14.4. The first-order chi connectivity index (χ1) is 11.6. The van der Waals surface area contributed by atoms with E-state index in [1.54, 1.807) is 0 Å². The smallest absolute Gasteiger partial charge is 0.0942 e. The number of halogens is 1. The van der Waals surface area contributed by atoms with Gasteiger partial charge in [0.2, 0.25) is 0 Å². The standard InChI is InChI=1S/C21H24BrNO/c1-4-23(5-2)14(3)21(24)16-11-10-15-13-20(22)18-9-7-6-8-17(18)19(15)12-16/h6-14,21,24H,4-5H2,1-3H3/t14-,21+/m0/s1. The minimum Gasteiger partial charge on any atom is -0.387 e. The van der Waals surface area contributed by atoms with E-state index in [2.05, 4.69) is 84.1 Å². The third-order valence-electron chi connectivity index (χ3n) is 5.02. The monoisotopic (exact) mass is 385 g/mol. The molecule has 0 saturated heterocycles. The molecule has 0 radical (unpaired) electrons. The lowest BCUT2D eigenvalue weighted by molar-refractivity contribution is 0.0639. The van der Waals surface area contributed by atoms with E-state index in [-0.39, 0.29) is 6.04 Å². The third-order valence-corrected chi connectivity index (χ3v) is 5.68. The van der Waals surface area contributed by atoms with Gasteiger partial charge in [-0.15, -0.1) is 0 Å². The first-order valence-corrected chi connectivity index (χ1v) is 9.39. The van der Waals surface area contributed by atoms with Crippen LogP contribution in [0.1, 0.15) is 32.4 Å². The fourth-order valence-corrected chi connectivity index (χ4v) is 4.13. The summed E-state index contributed by atoms with van der Waals surface area (Å²) in [5.74, 6) is 0. The Morgan fingerprint density at radius 1 is 0.958 bits per heavy atom. The SMILES string of the molecule is CCN(CC)[C@@H](C)[C@@H](O)c1ccc2cc(Br)c3ccccc3c2c1. The van der Waals surface area contributed by atoms with Crippen molar-refractivity contribution in [3.8, 4) is 0 Å². The molecule has 0 aliphatic rings. The predicted molar refractivity (Wildman–Crippen MR) is 106 cm³/mol. The Morgan fingerprint density at radius 2 is 1.62 bits per heavy atom. The molecule has 3 aromatic carbocycles. The highest BCUT2D eigenvalue weighted by Gasteiger charge is 2.21. The summed E-state index contributed by atoms with van der Waals surface area (Å²) in [7, 11) is 0. The van der Waals surface area contributed by atoms with E-state index < -0.39 is 6.10 Å². The Hall–Kier alpha value is -1.42. The second kappa shape index (κ2) is 7.22. The van der Waals surface area contributed by atoms with Crippen LogP contribution in [0.2, 0.25) is 0 Å². The molecule has 24 heavy (non-hydrogen) atoms. The second-order valence-corrected chi connectivity index (χ2v) is 7.15. The molecule has 0 aliphatic carbocycles. The van der Waals surface area contributed by atoms with E-state index in [1.807, 2.05) is 6.07 Å². The van der Waals surface area contributed by atoms with Gasteiger partial charge in [0, 0.05) is 10.5 Å². The van der Waals surface area contributed by atoms with Crippen LogP contribution in [-0.4, -0.2) is 29.1 Å². The maximum atomic E-state index is 10.9. The van der Waals surface area contributed by atoms with Gasteiger partial charge >= 0.3 is 0 Å². The van der Waals surface area contributed by atoms with Crippen molar-refractivity contribution < 1.29 is 5.11 Å². The van der Waals surface area contributed by atoms with E-state index in [0.717, 1.165) is 23.1 Å². The number of rotatable bonds is 5. The summed E-state index contributed by atoms with van der Waals surface area (Å²) in [5.41, 5.74) is 0.981. The molecule has 0 fully saturated rings. The van der Waals surface area contributed by atoms with Crippen molar-refractivity contribution in [3.05, 3.63) is 58.6 Å². The second-order valence-electron chi connectivity index (χ2n) is 6.29. The molecule has 3 heteroatoms. The summed E-state index contributed by atoms with van der Waals surface area (Å²) in [6, 6.07) is 17.0. The highest BCUT2D eigenvalue weighted by atomic mass is 79.9. The number of nitrogens with zero attached hydrogens (tertiary/aromatic N) is 1. The summed E-state index contributed by atoms with van der Waals surface area (Å²) in [4.78, 5) is 2.29. The summed E-state index contributed by atoms with van der Waals surface area (Å²) < 4.78 is 1.11. The lowest BCUT2D eigenvalue weighted by Crippen LogP contribution is -2.37. The third kappa shape index (κ3) is 3.08. The van der Waals surface area contributed by atoms with Crippen LogP contribution in [0.25, 0.3) is 21.5 Å². The Labute approximate surface area is 152 Å². The molecule has 0 spiro atoms. The molecular weight excluding hydrogens is 362 g/mol. The molecule has 3 rings (SSSR count). The summed E-state index contributed by atoms with van der Waals surface area (Å²) in [6.07, 6.45) is -0.489. The maximum absolute atomic E-state index is 10.9. The van der Waals surface area contributed by atoms with Crippen LogP contribution in [0.5, 0.6) is 0 Å². The van der Waals surface area contributed by atoms with Gasteiger partial charge in [-0.2, -0.15) is 0 Å². The van der Waals surface area contributed by atoms with Gasteiger partial charge in [-0.05, 0) is 59.3 Å². The zero-order valence-corrected chi connectivity index (χ0v) is 16.0. The molecule has 0 aliphatic heterocycles. The zero-order chi connectivity index (χ0) is 17.3. The molecule has 2 nitrogen and oxygen atoms in total. The molecule has 0 saturated carbocycles. The number of benzene rings is 3. The van der Waals surface area contributed by atoms with Crippen LogP contribution in [0.3, 0.4) is 0 Å². The van der Waals surface area contributed by atoms with Crippen molar-refractivity contribution in [2.24, 2.45) is 0 Å². The molecular formula is C21H24BrNO.